The lowest BCUT2D eigenvalue weighted by Gasteiger charge is -2.21. The van der Waals surface area contributed by atoms with Crippen LogP contribution in [0.2, 0.25) is 0 Å². The number of hydrogen-bond donors (Lipinski definition) is 2. The van der Waals surface area contributed by atoms with Gasteiger partial charge in [0.2, 0.25) is 5.91 Å². The summed E-state index contributed by atoms with van der Waals surface area (Å²) in [5, 5.41) is 11.5. The standard InChI is InChI=1S/C15H23N3O2/c1-2-11-18(12-14(16)17-20)15(19)10-6-9-13-7-4-3-5-8-13/h3-5,7-8,20H,2,6,9-12H2,1H3,(H2,16,17). The third kappa shape index (κ3) is 5.73. The minimum atomic E-state index is 0.0504. The zero-order valence-corrected chi connectivity index (χ0v) is 12.0. The topological polar surface area (TPSA) is 78.9 Å². The SMILES string of the molecule is CCCN(CC(N)=NO)C(=O)CCCc1ccccc1. The summed E-state index contributed by atoms with van der Waals surface area (Å²) in [6.45, 7) is 2.81. The molecule has 110 valence electrons. The Bertz CT molecular complexity index is 432. The van der Waals surface area contributed by atoms with Crippen LogP contribution in [0.1, 0.15) is 31.7 Å². The second-order valence-electron chi connectivity index (χ2n) is 4.75. The van der Waals surface area contributed by atoms with E-state index in [0.717, 1.165) is 19.3 Å². The molecule has 0 radical (unpaired) electrons. The van der Waals surface area contributed by atoms with Crippen LogP contribution in [-0.2, 0) is 11.2 Å². The minimum Gasteiger partial charge on any atom is -0.409 e. The summed E-state index contributed by atoms with van der Waals surface area (Å²) in [4.78, 5) is 13.7. The number of nitrogens with zero attached hydrogens (tertiary/aromatic N) is 2. The highest BCUT2D eigenvalue weighted by atomic mass is 16.4. The molecule has 3 N–H and O–H groups in total. The van der Waals surface area contributed by atoms with Crippen molar-refractivity contribution in [3.05, 3.63) is 35.9 Å². The maximum atomic E-state index is 12.1. The predicted molar refractivity (Wildman–Crippen MR) is 79.7 cm³/mol. The molecule has 0 heterocycles. The van der Waals surface area contributed by atoms with Crippen molar-refractivity contribution in [2.75, 3.05) is 13.1 Å². The van der Waals surface area contributed by atoms with Crippen LogP contribution < -0.4 is 5.73 Å². The number of nitrogens with two attached hydrogens (primary N) is 1. The quantitative estimate of drug-likeness (QED) is 0.330. The molecule has 5 nitrogen and oxygen atoms in total. The van der Waals surface area contributed by atoms with E-state index in [1.54, 1.807) is 4.90 Å². The Morgan fingerprint density at radius 1 is 1.35 bits per heavy atom. The Labute approximate surface area is 120 Å². The fraction of sp³-hybridized carbons (Fsp3) is 0.467. The summed E-state index contributed by atoms with van der Waals surface area (Å²) in [6, 6.07) is 10.1. The van der Waals surface area contributed by atoms with Crippen molar-refractivity contribution < 1.29 is 10.0 Å². The average molecular weight is 277 g/mol. The summed E-state index contributed by atoms with van der Waals surface area (Å²) in [7, 11) is 0. The summed E-state index contributed by atoms with van der Waals surface area (Å²) in [5.74, 6) is 0.115. The number of hydrogen-bond acceptors (Lipinski definition) is 3. The number of carbonyl (C=O) groups is 1. The molecule has 0 unspecified atom stereocenters. The molecule has 0 aliphatic carbocycles. The van der Waals surface area contributed by atoms with E-state index in [4.69, 9.17) is 10.9 Å². The Morgan fingerprint density at radius 3 is 2.65 bits per heavy atom. The highest BCUT2D eigenvalue weighted by Gasteiger charge is 2.13. The number of aryl methyl sites for hydroxylation is 1. The van der Waals surface area contributed by atoms with E-state index in [1.165, 1.54) is 5.56 Å². The number of rotatable bonds is 8. The molecular formula is C15H23N3O2. The number of oxime groups is 1. The van der Waals surface area contributed by atoms with Gasteiger partial charge in [-0.3, -0.25) is 4.79 Å². The van der Waals surface area contributed by atoms with Gasteiger partial charge in [0.25, 0.3) is 0 Å². The summed E-state index contributed by atoms with van der Waals surface area (Å²) in [5.41, 5.74) is 6.70. The Hall–Kier alpha value is -2.04. The van der Waals surface area contributed by atoms with Crippen molar-refractivity contribution in [1.82, 2.24) is 4.90 Å². The fourth-order valence-electron chi connectivity index (χ4n) is 2.04. The highest BCUT2D eigenvalue weighted by molar-refractivity contribution is 5.86. The van der Waals surface area contributed by atoms with Crippen molar-refractivity contribution in [2.24, 2.45) is 10.9 Å². The van der Waals surface area contributed by atoms with Crippen molar-refractivity contribution >= 4 is 11.7 Å². The lowest BCUT2D eigenvalue weighted by molar-refractivity contribution is -0.130. The predicted octanol–water partition coefficient (Wildman–Crippen LogP) is 1.99. The van der Waals surface area contributed by atoms with E-state index in [-0.39, 0.29) is 18.3 Å². The molecule has 0 saturated carbocycles. The van der Waals surface area contributed by atoms with Gasteiger partial charge in [0.05, 0.1) is 6.54 Å². The van der Waals surface area contributed by atoms with Crippen LogP contribution in [0.5, 0.6) is 0 Å². The smallest absolute Gasteiger partial charge is 0.222 e. The zero-order chi connectivity index (χ0) is 14.8. The van der Waals surface area contributed by atoms with Crippen LogP contribution in [0, 0.1) is 0 Å². The second-order valence-corrected chi connectivity index (χ2v) is 4.75. The molecule has 20 heavy (non-hydrogen) atoms. The lowest BCUT2D eigenvalue weighted by Crippen LogP contribution is -2.39. The normalized spacial score (nSPS) is 11.3. The van der Waals surface area contributed by atoms with Gasteiger partial charge in [-0.25, -0.2) is 0 Å². The lowest BCUT2D eigenvalue weighted by atomic mass is 10.1. The molecule has 1 aromatic carbocycles. The molecule has 0 saturated heterocycles. The first kappa shape index (κ1) is 16.0. The number of amidine groups is 1. The van der Waals surface area contributed by atoms with Gasteiger partial charge < -0.3 is 15.8 Å². The van der Waals surface area contributed by atoms with E-state index in [9.17, 15) is 4.79 Å². The minimum absolute atomic E-state index is 0.0504. The Balaban J connectivity index is 2.41. The summed E-state index contributed by atoms with van der Waals surface area (Å²) >= 11 is 0. The molecule has 0 spiro atoms. The maximum Gasteiger partial charge on any atom is 0.222 e. The third-order valence-electron chi connectivity index (χ3n) is 3.03. The maximum absolute atomic E-state index is 12.1. The van der Waals surface area contributed by atoms with E-state index >= 15 is 0 Å². The third-order valence-corrected chi connectivity index (χ3v) is 3.03. The van der Waals surface area contributed by atoms with Gasteiger partial charge in [0.1, 0.15) is 0 Å². The van der Waals surface area contributed by atoms with Gasteiger partial charge >= 0.3 is 0 Å². The van der Waals surface area contributed by atoms with Gasteiger partial charge in [0.15, 0.2) is 5.84 Å². The van der Waals surface area contributed by atoms with Crippen LogP contribution in [0.4, 0.5) is 0 Å². The van der Waals surface area contributed by atoms with Crippen LogP contribution in [0.3, 0.4) is 0 Å². The van der Waals surface area contributed by atoms with E-state index in [1.807, 2.05) is 25.1 Å². The zero-order valence-electron chi connectivity index (χ0n) is 12.0. The molecule has 5 heteroatoms. The number of amides is 1. The van der Waals surface area contributed by atoms with Crippen LogP contribution in [-0.4, -0.2) is 34.9 Å². The number of benzene rings is 1. The Kier molecular flexibility index (Phi) is 7.17. The monoisotopic (exact) mass is 277 g/mol. The van der Waals surface area contributed by atoms with E-state index < -0.39 is 0 Å². The highest BCUT2D eigenvalue weighted by Crippen LogP contribution is 2.06. The molecule has 0 aliphatic heterocycles. The van der Waals surface area contributed by atoms with Gasteiger partial charge in [-0.15, -0.1) is 0 Å². The molecule has 0 fully saturated rings. The van der Waals surface area contributed by atoms with Gasteiger partial charge in [-0.05, 0) is 24.8 Å². The van der Waals surface area contributed by atoms with Crippen molar-refractivity contribution in [3.8, 4) is 0 Å². The van der Waals surface area contributed by atoms with Crippen molar-refractivity contribution in [1.29, 1.82) is 0 Å². The first-order valence-corrected chi connectivity index (χ1v) is 6.95. The number of carbonyl (C=O) groups excluding carboxylic acids is 1. The van der Waals surface area contributed by atoms with Crippen molar-refractivity contribution in [3.63, 3.8) is 0 Å². The van der Waals surface area contributed by atoms with Gasteiger partial charge in [0, 0.05) is 13.0 Å². The largest absolute Gasteiger partial charge is 0.409 e. The molecule has 0 atom stereocenters. The molecule has 0 bridgehead atoms. The molecule has 0 aromatic heterocycles. The second kappa shape index (κ2) is 8.96. The first-order chi connectivity index (χ1) is 9.67. The fourth-order valence-corrected chi connectivity index (χ4v) is 2.04. The van der Waals surface area contributed by atoms with E-state index in [2.05, 4.69) is 17.3 Å². The van der Waals surface area contributed by atoms with Gasteiger partial charge in [-0.2, -0.15) is 0 Å². The van der Waals surface area contributed by atoms with Crippen molar-refractivity contribution in [2.45, 2.75) is 32.6 Å². The van der Waals surface area contributed by atoms with Crippen LogP contribution in [0.25, 0.3) is 0 Å². The summed E-state index contributed by atoms with van der Waals surface area (Å²) in [6.07, 6.45) is 3.02. The van der Waals surface area contributed by atoms with Gasteiger partial charge in [-0.1, -0.05) is 42.4 Å². The Morgan fingerprint density at radius 2 is 2.05 bits per heavy atom. The summed E-state index contributed by atoms with van der Waals surface area (Å²) < 4.78 is 0. The van der Waals surface area contributed by atoms with Crippen LogP contribution >= 0.6 is 0 Å². The van der Waals surface area contributed by atoms with Crippen LogP contribution in [0.15, 0.2) is 35.5 Å². The molecule has 1 aromatic rings. The molecular weight excluding hydrogens is 254 g/mol. The molecule has 0 aliphatic rings. The average Bonchev–Trinajstić information content (AvgIpc) is 2.47. The molecule has 1 rings (SSSR count). The first-order valence-electron chi connectivity index (χ1n) is 6.95. The molecule has 1 amide bonds. The van der Waals surface area contributed by atoms with E-state index in [0.29, 0.717) is 13.0 Å².